The van der Waals surface area contributed by atoms with Crippen LogP contribution in [-0.4, -0.2) is 74.3 Å². The Morgan fingerprint density at radius 2 is 1.91 bits per heavy atom. The molecule has 0 aliphatic carbocycles. The number of sulfonamides is 1. The van der Waals surface area contributed by atoms with E-state index < -0.39 is 10.0 Å². The number of piperidine rings is 1. The van der Waals surface area contributed by atoms with Crippen molar-refractivity contribution in [3.63, 3.8) is 0 Å². The Morgan fingerprint density at radius 3 is 2.50 bits per heavy atom. The van der Waals surface area contributed by atoms with Gasteiger partial charge in [-0.05, 0) is 50.8 Å². The standard InChI is InChI=1S/C24H36ClN5O2S2/c1-5-20-15-29(24-23(25)13-19(14-26-24)27-34(4,31)32)10-11-30(20)21-6-8-28(9-7-21)16-22-12-17(2)18(3)33-22/h12-14,20-21,27H,5-11,15-16H2,1-4H3/t20-/m0/s1. The number of aromatic nitrogens is 1. The number of anilines is 2. The molecule has 2 aliphatic rings. The fourth-order valence-corrected chi connectivity index (χ4v) is 7.12. The molecule has 0 aromatic carbocycles. The van der Waals surface area contributed by atoms with Crippen LogP contribution in [0.4, 0.5) is 11.5 Å². The molecule has 2 saturated heterocycles. The van der Waals surface area contributed by atoms with E-state index >= 15 is 0 Å². The zero-order chi connectivity index (χ0) is 24.5. The van der Waals surface area contributed by atoms with Crippen LogP contribution in [-0.2, 0) is 16.6 Å². The van der Waals surface area contributed by atoms with E-state index in [2.05, 4.69) is 51.2 Å². The number of hydrogen-bond donors (Lipinski definition) is 1. The van der Waals surface area contributed by atoms with Gasteiger partial charge in [0.2, 0.25) is 10.0 Å². The second kappa shape index (κ2) is 10.7. The molecule has 7 nitrogen and oxygen atoms in total. The molecule has 0 radical (unpaired) electrons. The van der Waals surface area contributed by atoms with Gasteiger partial charge in [0.05, 0.1) is 23.2 Å². The van der Waals surface area contributed by atoms with Crippen molar-refractivity contribution < 1.29 is 8.42 Å². The first kappa shape index (κ1) is 25.7. The summed E-state index contributed by atoms with van der Waals surface area (Å²) in [5.41, 5.74) is 1.80. The highest BCUT2D eigenvalue weighted by atomic mass is 35.5. The summed E-state index contributed by atoms with van der Waals surface area (Å²) in [7, 11) is -3.36. The number of pyridine rings is 1. The Hall–Kier alpha value is -1.39. The average molecular weight is 526 g/mol. The van der Waals surface area contributed by atoms with Crippen LogP contribution in [0.5, 0.6) is 0 Å². The molecule has 2 aliphatic heterocycles. The summed E-state index contributed by atoms with van der Waals surface area (Å²) < 4.78 is 25.4. The predicted octanol–water partition coefficient (Wildman–Crippen LogP) is 4.35. The van der Waals surface area contributed by atoms with Gasteiger partial charge in [-0.1, -0.05) is 18.5 Å². The number of halogens is 1. The molecule has 2 aromatic rings. The Bertz CT molecular complexity index is 1080. The van der Waals surface area contributed by atoms with E-state index in [1.165, 1.54) is 28.2 Å². The maximum atomic E-state index is 11.5. The lowest BCUT2D eigenvalue weighted by molar-refractivity contribution is 0.0613. The summed E-state index contributed by atoms with van der Waals surface area (Å²) in [5, 5.41) is 0.476. The number of nitrogens with zero attached hydrogens (tertiary/aromatic N) is 4. The number of likely N-dealkylation sites (tertiary alicyclic amines) is 1. The molecule has 34 heavy (non-hydrogen) atoms. The van der Waals surface area contributed by atoms with Crippen LogP contribution in [0, 0.1) is 13.8 Å². The third-order valence-corrected chi connectivity index (χ3v) is 9.07. The lowest BCUT2D eigenvalue weighted by Gasteiger charge is -2.47. The van der Waals surface area contributed by atoms with Crippen LogP contribution in [0.15, 0.2) is 18.3 Å². The lowest BCUT2D eigenvalue weighted by atomic mass is 9.98. The van der Waals surface area contributed by atoms with Gasteiger partial charge in [-0.2, -0.15) is 0 Å². The van der Waals surface area contributed by atoms with Gasteiger partial charge in [-0.15, -0.1) is 11.3 Å². The summed E-state index contributed by atoms with van der Waals surface area (Å²) in [4.78, 5) is 15.0. The number of piperazine rings is 1. The number of nitrogens with one attached hydrogen (secondary N) is 1. The van der Waals surface area contributed by atoms with Crippen molar-refractivity contribution in [3.05, 3.63) is 38.7 Å². The van der Waals surface area contributed by atoms with E-state index in [1.807, 2.05) is 11.3 Å². The summed E-state index contributed by atoms with van der Waals surface area (Å²) in [6.45, 7) is 12.8. The Labute approximate surface area is 213 Å². The fourth-order valence-electron chi connectivity index (χ4n) is 5.20. The molecule has 1 atom stereocenters. The summed E-state index contributed by atoms with van der Waals surface area (Å²) in [6, 6.07) is 5.07. The summed E-state index contributed by atoms with van der Waals surface area (Å²) >= 11 is 8.44. The molecule has 10 heteroatoms. The van der Waals surface area contributed by atoms with Crippen molar-refractivity contribution in [2.24, 2.45) is 0 Å². The van der Waals surface area contributed by atoms with E-state index in [-0.39, 0.29) is 0 Å². The van der Waals surface area contributed by atoms with Crippen molar-refractivity contribution in [1.29, 1.82) is 0 Å². The maximum absolute atomic E-state index is 11.5. The zero-order valence-corrected chi connectivity index (χ0v) is 22.9. The van der Waals surface area contributed by atoms with Gasteiger partial charge >= 0.3 is 0 Å². The fraction of sp³-hybridized carbons (Fsp3) is 0.625. The molecular formula is C24H36ClN5O2S2. The van der Waals surface area contributed by atoms with Gasteiger partial charge in [-0.25, -0.2) is 13.4 Å². The van der Waals surface area contributed by atoms with E-state index in [0.29, 0.717) is 22.8 Å². The Morgan fingerprint density at radius 1 is 1.18 bits per heavy atom. The van der Waals surface area contributed by atoms with Crippen LogP contribution in [0.25, 0.3) is 0 Å². The predicted molar refractivity (Wildman–Crippen MR) is 143 cm³/mol. The number of hydrogen-bond acceptors (Lipinski definition) is 7. The molecule has 0 spiro atoms. The highest BCUT2D eigenvalue weighted by molar-refractivity contribution is 7.92. The van der Waals surface area contributed by atoms with E-state index in [9.17, 15) is 8.42 Å². The van der Waals surface area contributed by atoms with Gasteiger partial charge in [0.25, 0.3) is 0 Å². The molecule has 4 heterocycles. The minimum atomic E-state index is -3.36. The van der Waals surface area contributed by atoms with E-state index in [1.54, 1.807) is 12.3 Å². The molecule has 0 amide bonds. The molecule has 2 fully saturated rings. The summed E-state index contributed by atoms with van der Waals surface area (Å²) in [5.74, 6) is 0.732. The van der Waals surface area contributed by atoms with Crippen LogP contribution in [0.1, 0.15) is 41.5 Å². The molecule has 0 unspecified atom stereocenters. The number of rotatable bonds is 7. The average Bonchev–Trinajstić information content (AvgIpc) is 3.09. The van der Waals surface area contributed by atoms with Gasteiger partial charge in [0.1, 0.15) is 5.82 Å². The molecule has 2 aromatic heterocycles. The molecule has 0 bridgehead atoms. The molecule has 4 rings (SSSR count). The molecule has 188 valence electrons. The highest BCUT2D eigenvalue weighted by Gasteiger charge is 2.34. The van der Waals surface area contributed by atoms with Gasteiger partial charge in [0.15, 0.2) is 0 Å². The summed E-state index contributed by atoms with van der Waals surface area (Å²) in [6.07, 6.45) is 6.17. The largest absolute Gasteiger partial charge is 0.353 e. The van der Waals surface area contributed by atoms with Crippen LogP contribution in [0.2, 0.25) is 5.02 Å². The van der Waals surface area contributed by atoms with Gasteiger partial charge < -0.3 is 4.90 Å². The number of aryl methyl sites for hydroxylation is 2. The first-order valence-corrected chi connectivity index (χ1v) is 15.1. The first-order valence-electron chi connectivity index (χ1n) is 12.0. The topological polar surface area (TPSA) is 68.8 Å². The number of thiophene rings is 1. The second-order valence-electron chi connectivity index (χ2n) is 9.61. The minimum Gasteiger partial charge on any atom is -0.353 e. The van der Waals surface area contributed by atoms with Gasteiger partial charge in [0, 0.05) is 61.1 Å². The monoisotopic (exact) mass is 525 g/mol. The third-order valence-electron chi connectivity index (χ3n) is 7.05. The Balaban J connectivity index is 1.34. The third kappa shape index (κ3) is 6.23. The SMILES string of the molecule is CC[C@H]1CN(c2ncc(NS(C)(=O)=O)cc2Cl)CCN1C1CCN(Cc2cc(C)c(C)s2)CC1. The zero-order valence-electron chi connectivity index (χ0n) is 20.6. The second-order valence-corrected chi connectivity index (χ2v) is 13.1. The molecular weight excluding hydrogens is 490 g/mol. The minimum absolute atomic E-state index is 0.390. The Kier molecular flexibility index (Phi) is 8.09. The quantitative estimate of drug-likeness (QED) is 0.579. The molecule has 0 saturated carbocycles. The van der Waals surface area contributed by atoms with Crippen molar-refractivity contribution in [2.45, 2.75) is 58.7 Å². The maximum Gasteiger partial charge on any atom is 0.229 e. The first-order chi connectivity index (χ1) is 16.1. The van der Waals surface area contributed by atoms with E-state index in [4.69, 9.17) is 11.6 Å². The molecule has 1 N–H and O–H groups in total. The lowest BCUT2D eigenvalue weighted by Crippen LogP contribution is -2.58. The normalized spacial score (nSPS) is 21.2. The highest BCUT2D eigenvalue weighted by Crippen LogP contribution is 2.31. The van der Waals surface area contributed by atoms with E-state index in [0.717, 1.165) is 57.8 Å². The van der Waals surface area contributed by atoms with Crippen molar-refractivity contribution in [3.8, 4) is 0 Å². The van der Waals surface area contributed by atoms with Crippen molar-refractivity contribution >= 4 is 44.5 Å². The van der Waals surface area contributed by atoms with Crippen molar-refractivity contribution in [1.82, 2.24) is 14.8 Å². The van der Waals surface area contributed by atoms with Crippen LogP contribution >= 0.6 is 22.9 Å². The van der Waals surface area contributed by atoms with Crippen LogP contribution < -0.4 is 9.62 Å². The van der Waals surface area contributed by atoms with Crippen molar-refractivity contribution in [2.75, 3.05) is 48.6 Å². The van der Waals surface area contributed by atoms with Crippen LogP contribution in [0.3, 0.4) is 0 Å². The van der Waals surface area contributed by atoms with Gasteiger partial charge in [-0.3, -0.25) is 14.5 Å². The smallest absolute Gasteiger partial charge is 0.229 e.